The summed E-state index contributed by atoms with van der Waals surface area (Å²) in [5.74, 6) is -1.47. The normalized spacial score (nSPS) is 9.64. The number of halogens is 1. The number of primary amides is 1. The van der Waals surface area contributed by atoms with E-state index in [0.717, 1.165) is 6.20 Å². The van der Waals surface area contributed by atoms with Crippen molar-refractivity contribution in [1.82, 2.24) is 9.97 Å². The summed E-state index contributed by atoms with van der Waals surface area (Å²) in [5, 5.41) is 0. The van der Waals surface area contributed by atoms with Crippen molar-refractivity contribution in [3.63, 3.8) is 0 Å². The van der Waals surface area contributed by atoms with Crippen molar-refractivity contribution in [3.8, 4) is 0 Å². The van der Waals surface area contributed by atoms with Gasteiger partial charge in [0.1, 0.15) is 0 Å². The van der Waals surface area contributed by atoms with E-state index in [4.69, 9.17) is 5.73 Å². The van der Waals surface area contributed by atoms with E-state index in [9.17, 15) is 9.18 Å². The zero-order valence-electron chi connectivity index (χ0n) is 5.84. The number of amides is 1. The molecule has 11 heavy (non-hydrogen) atoms. The van der Waals surface area contributed by atoms with Gasteiger partial charge in [0.05, 0.1) is 11.9 Å². The van der Waals surface area contributed by atoms with Crippen molar-refractivity contribution in [1.29, 1.82) is 0 Å². The summed E-state index contributed by atoms with van der Waals surface area (Å²) in [6.45, 7) is 1.43. The van der Waals surface area contributed by atoms with Crippen LogP contribution >= 0.6 is 0 Å². The first-order valence-electron chi connectivity index (χ1n) is 2.90. The fraction of sp³-hybridized carbons (Fsp3) is 0.167. The Bertz CT molecular complexity index is 300. The molecule has 0 atom stereocenters. The van der Waals surface area contributed by atoms with E-state index in [1.807, 2.05) is 0 Å². The summed E-state index contributed by atoms with van der Waals surface area (Å²) in [6.07, 6.45) is 0.919. The van der Waals surface area contributed by atoms with Gasteiger partial charge in [-0.2, -0.15) is 0 Å². The van der Waals surface area contributed by atoms with E-state index in [0.29, 0.717) is 0 Å². The number of aromatic nitrogens is 2. The molecule has 0 fully saturated rings. The Morgan fingerprint density at radius 3 is 2.82 bits per heavy atom. The van der Waals surface area contributed by atoms with E-state index in [2.05, 4.69) is 9.97 Å². The number of aryl methyl sites for hydroxylation is 1. The molecule has 1 heterocycles. The van der Waals surface area contributed by atoms with Gasteiger partial charge in [-0.15, -0.1) is 0 Å². The minimum absolute atomic E-state index is 0.119. The van der Waals surface area contributed by atoms with Crippen LogP contribution in [-0.4, -0.2) is 15.9 Å². The van der Waals surface area contributed by atoms with Crippen LogP contribution in [0.15, 0.2) is 6.20 Å². The summed E-state index contributed by atoms with van der Waals surface area (Å²) in [6, 6.07) is 0. The molecule has 0 saturated heterocycles. The molecule has 0 aliphatic rings. The van der Waals surface area contributed by atoms with Crippen LogP contribution in [0.1, 0.15) is 16.3 Å². The van der Waals surface area contributed by atoms with Gasteiger partial charge in [-0.25, -0.2) is 14.4 Å². The number of hydrogen-bond acceptors (Lipinski definition) is 3. The number of hydrogen-bond donors (Lipinski definition) is 1. The molecule has 1 aromatic heterocycles. The summed E-state index contributed by atoms with van der Waals surface area (Å²) < 4.78 is 12.5. The van der Waals surface area contributed by atoms with Crippen LogP contribution in [0.3, 0.4) is 0 Å². The van der Waals surface area contributed by atoms with Crippen LogP contribution in [0.5, 0.6) is 0 Å². The van der Waals surface area contributed by atoms with Crippen molar-refractivity contribution >= 4 is 5.91 Å². The second-order valence-corrected chi connectivity index (χ2v) is 1.99. The Morgan fingerprint density at radius 1 is 1.73 bits per heavy atom. The maximum atomic E-state index is 12.5. The van der Waals surface area contributed by atoms with Crippen LogP contribution in [0, 0.1) is 12.7 Å². The van der Waals surface area contributed by atoms with Gasteiger partial charge in [0, 0.05) is 0 Å². The zero-order chi connectivity index (χ0) is 8.43. The third kappa shape index (κ3) is 1.49. The fourth-order valence-electron chi connectivity index (χ4n) is 0.571. The number of nitrogens with zero attached hydrogens (tertiary/aromatic N) is 2. The van der Waals surface area contributed by atoms with Crippen LogP contribution in [0.25, 0.3) is 0 Å². The Balaban J connectivity index is 3.15. The van der Waals surface area contributed by atoms with Crippen molar-refractivity contribution in [2.45, 2.75) is 6.92 Å². The van der Waals surface area contributed by atoms with Crippen LogP contribution < -0.4 is 5.73 Å². The highest BCUT2D eigenvalue weighted by Gasteiger charge is 2.05. The van der Waals surface area contributed by atoms with Gasteiger partial charge in [0.15, 0.2) is 5.82 Å². The first kappa shape index (κ1) is 7.59. The number of carbonyl (C=O) groups excluding carboxylic acids is 1. The summed E-state index contributed by atoms with van der Waals surface area (Å²) in [5.41, 5.74) is 4.97. The molecule has 0 aromatic carbocycles. The second-order valence-electron chi connectivity index (χ2n) is 1.99. The monoisotopic (exact) mass is 155 g/mol. The first-order valence-corrected chi connectivity index (χ1v) is 2.90. The Morgan fingerprint density at radius 2 is 2.36 bits per heavy atom. The van der Waals surface area contributed by atoms with Gasteiger partial charge in [0.2, 0.25) is 5.82 Å². The first-order chi connectivity index (χ1) is 5.11. The highest BCUT2D eigenvalue weighted by molar-refractivity contribution is 5.88. The molecule has 0 aliphatic carbocycles. The van der Waals surface area contributed by atoms with Gasteiger partial charge < -0.3 is 5.73 Å². The minimum Gasteiger partial charge on any atom is -0.363 e. The molecule has 1 amide bonds. The maximum absolute atomic E-state index is 12.5. The predicted molar refractivity (Wildman–Crippen MR) is 35.2 cm³/mol. The molecule has 0 saturated carbocycles. The minimum atomic E-state index is -0.756. The second kappa shape index (κ2) is 2.61. The zero-order valence-corrected chi connectivity index (χ0v) is 5.84. The lowest BCUT2D eigenvalue weighted by Gasteiger charge is -1.95. The molecule has 58 valence electrons. The Hall–Kier alpha value is -1.52. The Labute approximate surface area is 62.3 Å². The molecule has 4 nitrogen and oxygen atoms in total. The molecule has 0 bridgehead atoms. The van der Waals surface area contributed by atoms with E-state index < -0.39 is 11.7 Å². The van der Waals surface area contributed by atoms with Crippen molar-refractivity contribution in [2.75, 3.05) is 0 Å². The van der Waals surface area contributed by atoms with E-state index in [1.54, 1.807) is 0 Å². The number of rotatable bonds is 1. The van der Waals surface area contributed by atoms with Gasteiger partial charge >= 0.3 is 0 Å². The number of nitrogens with two attached hydrogens (primary N) is 1. The molecular weight excluding hydrogens is 149 g/mol. The average Bonchev–Trinajstić information content (AvgIpc) is 1.94. The third-order valence-corrected chi connectivity index (χ3v) is 1.14. The lowest BCUT2D eigenvalue weighted by Crippen LogP contribution is -2.16. The van der Waals surface area contributed by atoms with Crippen LogP contribution in [0.2, 0.25) is 0 Å². The van der Waals surface area contributed by atoms with E-state index >= 15 is 0 Å². The number of carbonyl (C=O) groups is 1. The average molecular weight is 155 g/mol. The molecule has 1 rings (SSSR count). The van der Waals surface area contributed by atoms with Crippen molar-refractivity contribution in [2.24, 2.45) is 5.73 Å². The lowest BCUT2D eigenvalue weighted by atomic mass is 10.4. The highest BCUT2D eigenvalue weighted by atomic mass is 19.1. The van der Waals surface area contributed by atoms with E-state index in [-0.39, 0.29) is 11.5 Å². The summed E-state index contributed by atoms with van der Waals surface area (Å²) >= 11 is 0. The quantitative estimate of drug-likeness (QED) is 0.621. The lowest BCUT2D eigenvalue weighted by molar-refractivity contribution is 0.0990. The molecule has 0 unspecified atom stereocenters. The predicted octanol–water partition coefficient (Wildman–Crippen LogP) is 0.0230. The van der Waals surface area contributed by atoms with Gasteiger partial charge in [0.25, 0.3) is 5.91 Å². The molecule has 1 aromatic rings. The maximum Gasteiger partial charge on any atom is 0.286 e. The molecular formula is C6H6FN3O. The van der Waals surface area contributed by atoms with Gasteiger partial charge in [-0.05, 0) is 6.92 Å². The molecule has 0 spiro atoms. The van der Waals surface area contributed by atoms with Gasteiger partial charge in [-0.1, -0.05) is 0 Å². The van der Waals surface area contributed by atoms with E-state index in [1.165, 1.54) is 6.92 Å². The highest BCUT2D eigenvalue weighted by Crippen LogP contribution is 1.99. The molecule has 2 N–H and O–H groups in total. The van der Waals surface area contributed by atoms with Crippen LogP contribution in [0.4, 0.5) is 4.39 Å². The SMILES string of the molecule is Cc1nc(C(N)=O)ncc1F. The third-order valence-electron chi connectivity index (χ3n) is 1.14. The Kier molecular flexibility index (Phi) is 1.80. The standard InChI is InChI=1S/C6H6FN3O/c1-3-4(7)2-9-6(10-3)5(8)11/h2H,1H3,(H2,8,11). The largest absolute Gasteiger partial charge is 0.363 e. The summed E-state index contributed by atoms with van der Waals surface area (Å²) in [4.78, 5) is 17.3. The topological polar surface area (TPSA) is 68.9 Å². The fourth-order valence-corrected chi connectivity index (χ4v) is 0.571. The molecule has 5 heteroatoms. The van der Waals surface area contributed by atoms with Crippen molar-refractivity contribution < 1.29 is 9.18 Å². The van der Waals surface area contributed by atoms with Crippen molar-refractivity contribution in [3.05, 3.63) is 23.5 Å². The molecule has 0 radical (unpaired) electrons. The summed E-state index contributed by atoms with van der Waals surface area (Å²) in [7, 11) is 0. The van der Waals surface area contributed by atoms with Crippen LogP contribution in [-0.2, 0) is 0 Å². The molecule has 0 aliphatic heterocycles. The smallest absolute Gasteiger partial charge is 0.286 e. The van der Waals surface area contributed by atoms with Gasteiger partial charge in [-0.3, -0.25) is 4.79 Å².